The van der Waals surface area contributed by atoms with Crippen molar-refractivity contribution in [1.82, 2.24) is 19.7 Å². The molecule has 2 heterocycles. The van der Waals surface area contributed by atoms with E-state index in [2.05, 4.69) is 15.1 Å². The highest BCUT2D eigenvalue weighted by Crippen LogP contribution is 2.27. The molecule has 0 aliphatic rings. The predicted molar refractivity (Wildman–Crippen MR) is 94.3 cm³/mol. The number of rotatable bonds is 7. The molecule has 0 amide bonds. The quantitative estimate of drug-likeness (QED) is 0.484. The normalized spacial score (nSPS) is 11.0. The van der Waals surface area contributed by atoms with Gasteiger partial charge in [0.25, 0.3) is 5.56 Å². The van der Waals surface area contributed by atoms with Crippen molar-refractivity contribution in [3.63, 3.8) is 0 Å². The van der Waals surface area contributed by atoms with Gasteiger partial charge >= 0.3 is 0 Å². The Hall–Kier alpha value is -2.52. The van der Waals surface area contributed by atoms with Gasteiger partial charge in [0.05, 0.1) is 33.6 Å². The van der Waals surface area contributed by atoms with Crippen LogP contribution in [0.2, 0.25) is 0 Å². The Kier molecular flexibility index (Phi) is 5.25. The van der Waals surface area contributed by atoms with E-state index in [4.69, 9.17) is 14.6 Å². The molecule has 9 heteroatoms. The topological polar surface area (TPSA) is 102 Å². The van der Waals surface area contributed by atoms with Crippen LogP contribution in [0.5, 0.6) is 11.5 Å². The molecule has 25 heavy (non-hydrogen) atoms. The summed E-state index contributed by atoms with van der Waals surface area (Å²) < 4.78 is 12.0. The molecule has 0 spiro atoms. The average molecular weight is 362 g/mol. The van der Waals surface area contributed by atoms with Crippen molar-refractivity contribution in [2.75, 3.05) is 20.8 Å². The van der Waals surface area contributed by atoms with Gasteiger partial charge in [-0.2, -0.15) is 5.10 Å². The molecule has 0 radical (unpaired) electrons. The molecule has 0 atom stereocenters. The summed E-state index contributed by atoms with van der Waals surface area (Å²) in [4.78, 5) is 19.4. The highest BCUT2D eigenvalue weighted by atomic mass is 32.2. The van der Waals surface area contributed by atoms with Crippen LogP contribution in [0.4, 0.5) is 0 Å². The van der Waals surface area contributed by atoms with Crippen molar-refractivity contribution >= 4 is 22.8 Å². The molecule has 2 N–H and O–H groups in total. The smallest absolute Gasteiger partial charge is 0.262 e. The van der Waals surface area contributed by atoms with Gasteiger partial charge in [-0.1, -0.05) is 11.8 Å². The first-order chi connectivity index (χ1) is 12.1. The maximum absolute atomic E-state index is 12.2. The number of H-pyrrole nitrogens is 1. The zero-order valence-corrected chi connectivity index (χ0v) is 14.7. The summed E-state index contributed by atoms with van der Waals surface area (Å²) in [6.45, 7) is 0.217. The minimum Gasteiger partial charge on any atom is -0.497 e. The van der Waals surface area contributed by atoms with E-state index >= 15 is 0 Å². The summed E-state index contributed by atoms with van der Waals surface area (Å²) >= 11 is 1.39. The minimum absolute atomic E-state index is 0.0721. The van der Waals surface area contributed by atoms with Crippen molar-refractivity contribution < 1.29 is 14.6 Å². The van der Waals surface area contributed by atoms with E-state index < -0.39 is 0 Å². The number of hydrogen-bond donors (Lipinski definition) is 2. The third-order valence-electron chi connectivity index (χ3n) is 3.58. The van der Waals surface area contributed by atoms with Crippen molar-refractivity contribution in [2.45, 2.75) is 17.5 Å². The van der Waals surface area contributed by atoms with Crippen LogP contribution in [-0.2, 0) is 12.3 Å². The summed E-state index contributed by atoms with van der Waals surface area (Å²) in [5.41, 5.74) is 1.19. The maximum Gasteiger partial charge on any atom is 0.262 e. The monoisotopic (exact) mass is 362 g/mol. The lowest BCUT2D eigenvalue weighted by Crippen LogP contribution is -2.11. The molecule has 132 valence electrons. The SMILES string of the molecule is COc1cc(CSc2nc3c(cnn3CCO)c(=O)[nH]2)cc(OC)c1. The molecule has 8 nitrogen and oxygen atoms in total. The Labute approximate surface area is 147 Å². The first kappa shape index (κ1) is 17.3. The number of aromatic nitrogens is 4. The number of benzene rings is 1. The summed E-state index contributed by atoms with van der Waals surface area (Å²) in [6.07, 6.45) is 1.46. The fourth-order valence-corrected chi connectivity index (χ4v) is 3.16. The Morgan fingerprint density at radius 2 is 1.96 bits per heavy atom. The van der Waals surface area contributed by atoms with E-state index in [0.717, 1.165) is 5.56 Å². The van der Waals surface area contributed by atoms with Gasteiger partial charge in [0.15, 0.2) is 10.8 Å². The molecule has 3 aromatic rings. The highest BCUT2D eigenvalue weighted by molar-refractivity contribution is 7.98. The number of aromatic amines is 1. The molecule has 3 rings (SSSR count). The van der Waals surface area contributed by atoms with Gasteiger partial charge in [0.1, 0.15) is 16.9 Å². The molecule has 0 saturated heterocycles. The van der Waals surface area contributed by atoms with Gasteiger partial charge in [0.2, 0.25) is 0 Å². The van der Waals surface area contributed by atoms with Crippen LogP contribution in [-0.4, -0.2) is 45.7 Å². The second-order valence-electron chi connectivity index (χ2n) is 5.21. The largest absolute Gasteiger partial charge is 0.497 e. The molecule has 1 aromatic carbocycles. The molecule has 0 fully saturated rings. The molecular formula is C16H18N4O4S. The lowest BCUT2D eigenvalue weighted by molar-refractivity contribution is 0.271. The average Bonchev–Trinajstić information content (AvgIpc) is 3.03. The summed E-state index contributed by atoms with van der Waals surface area (Å²) in [5, 5.41) is 14.1. The second-order valence-corrected chi connectivity index (χ2v) is 6.17. The highest BCUT2D eigenvalue weighted by Gasteiger charge is 2.11. The van der Waals surface area contributed by atoms with E-state index in [1.807, 2.05) is 12.1 Å². The van der Waals surface area contributed by atoms with Gasteiger partial charge in [-0.15, -0.1) is 0 Å². The van der Waals surface area contributed by atoms with E-state index in [0.29, 0.717) is 33.4 Å². The number of nitrogens with one attached hydrogen (secondary N) is 1. The van der Waals surface area contributed by atoms with Gasteiger partial charge in [-0.3, -0.25) is 4.79 Å². The summed E-state index contributed by atoms with van der Waals surface area (Å²) in [6, 6.07) is 5.61. The number of hydrogen-bond acceptors (Lipinski definition) is 7. The van der Waals surface area contributed by atoms with Crippen LogP contribution in [0.15, 0.2) is 34.3 Å². The zero-order chi connectivity index (χ0) is 17.8. The van der Waals surface area contributed by atoms with Crippen LogP contribution in [0.3, 0.4) is 0 Å². The fourth-order valence-electron chi connectivity index (χ4n) is 2.37. The van der Waals surface area contributed by atoms with Crippen molar-refractivity contribution in [3.05, 3.63) is 40.3 Å². The molecule has 0 aliphatic carbocycles. The Morgan fingerprint density at radius 3 is 2.60 bits per heavy atom. The van der Waals surface area contributed by atoms with Gasteiger partial charge < -0.3 is 19.6 Å². The van der Waals surface area contributed by atoms with Gasteiger partial charge in [0, 0.05) is 11.8 Å². The molecule has 0 saturated carbocycles. The number of ether oxygens (including phenoxy) is 2. The number of methoxy groups -OCH3 is 2. The van der Waals surface area contributed by atoms with Crippen LogP contribution in [0.1, 0.15) is 5.56 Å². The van der Waals surface area contributed by atoms with Crippen molar-refractivity contribution in [2.24, 2.45) is 0 Å². The van der Waals surface area contributed by atoms with E-state index in [-0.39, 0.29) is 18.7 Å². The third kappa shape index (κ3) is 3.77. The maximum atomic E-state index is 12.2. The predicted octanol–water partition coefficient (Wildman–Crippen LogP) is 1.42. The minimum atomic E-state index is -0.250. The van der Waals surface area contributed by atoms with Crippen molar-refractivity contribution in [1.29, 1.82) is 0 Å². The van der Waals surface area contributed by atoms with Crippen LogP contribution in [0.25, 0.3) is 11.0 Å². The second kappa shape index (κ2) is 7.58. The standard InChI is InChI=1S/C16H18N4O4S/c1-23-11-5-10(6-12(7-11)24-2)9-25-16-18-14-13(15(22)19-16)8-17-20(14)3-4-21/h5-8,21H,3-4,9H2,1-2H3,(H,18,19,22). The third-order valence-corrected chi connectivity index (χ3v) is 4.53. The summed E-state index contributed by atoms with van der Waals surface area (Å²) in [5.74, 6) is 1.98. The molecule has 0 bridgehead atoms. The number of aliphatic hydroxyl groups excluding tert-OH is 1. The Morgan fingerprint density at radius 1 is 1.24 bits per heavy atom. The number of fused-ring (bicyclic) bond motifs is 1. The van der Waals surface area contributed by atoms with Crippen LogP contribution >= 0.6 is 11.8 Å². The lowest BCUT2D eigenvalue weighted by atomic mass is 10.2. The number of nitrogens with zero attached hydrogens (tertiary/aromatic N) is 3. The van der Waals surface area contributed by atoms with E-state index in [1.54, 1.807) is 20.3 Å². The van der Waals surface area contributed by atoms with Gasteiger partial charge in [-0.05, 0) is 17.7 Å². The number of thioether (sulfide) groups is 1. The van der Waals surface area contributed by atoms with Crippen LogP contribution in [0, 0.1) is 0 Å². The molecular weight excluding hydrogens is 344 g/mol. The fraction of sp³-hybridized carbons (Fsp3) is 0.312. The summed E-state index contributed by atoms with van der Waals surface area (Å²) in [7, 11) is 3.20. The van der Waals surface area contributed by atoms with Crippen LogP contribution < -0.4 is 15.0 Å². The van der Waals surface area contributed by atoms with Gasteiger partial charge in [-0.25, -0.2) is 9.67 Å². The lowest BCUT2D eigenvalue weighted by Gasteiger charge is -2.08. The Bertz CT molecular complexity index is 915. The van der Waals surface area contributed by atoms with E-state index in [9.17, 15) is 4.79 Å². The first-order valence-corrected chi connectivity index (χ1v) is 8.54. The Balaban J connectivity index is 1.86. The zero-order valence-electron chi connectivity index (χ0n) is 13.9. The van der Waals surface area contributed by atoms with E-state index in [1.165, 1.54) is 22.6 Å². The molecule has 0 aliphatic heterocycles. The molecule has 0 unspecified atom stereocenters. The number of aliphatic hydroxyl groups is 1. The van der Waals surface area contributed by atoms with Crippen molar-refractivity contribution in [3.8, 4) is 11.5 Å². The molecule has 2 aromatic heterocycles. The first-order valence-electron chi connectivity index (χ1n) is 7.56.